The zero-order chi connectivity index (χ0) is 26.1. The van der Waals surface area contributed by atoms with Crippen molar-refractivity contribution in [2.24, 2.45) is 0 Å². The van der Waals surface area contributed by atoms with Crippen LogP contribution < -0.4 is 14.8 Å². The molecule has 1 atom stereocenters. The summed E-state index contributed by atoms with van der Waals surface area (Å²) in [5.41, 5.74) is 2.11. The van der Waals surface area contributed by atoms with Gasteiger partial charge in [-0.1, -0.05) is 58.2 Å². The standard InChI is InChI=1S/C29H39BrN2O4/c1-5-26(29(34)31-23-9-7-6-8-10-23)32(18-21-11-14-24(35-4)15-12-21)28(33)19-36-27-16-13-22(20(2)3)17-25(27)30/h11-17,20,23,26H,5-10,18-19H2,1-4H3,(H,31,34). The van der Waals surface area contributed by atoms with Crippen molar-refractivity contribution in [1.82, 2.24) is 10.2 Å². The predicted molar refractivity (Wildman–Crippen MR) is 146 cm³/mol. The number of halogens is 1. The van der Waals surface area contributed by atoms with E-state index in [4.69, 9.17) is 9.47 Å². The average Bonchev–Trinajstić information content (AvgIpc) is 2.88. The van der Waals surface area contributed by atoms with Crippen LogP contribution in [0.15, 0.2) is 46.9 Å². The molecule has 0 bridgehead atoms. The minimum absolute atomic E-state index is 0.0891. The summed E-state index contributed by atoms with van der Waals surface area (Å²) in [6, 6.07) is 13.1. The van der Waals surface area contributed by atoms with E-state index in [1.165, 1.54) is 12.0 Å². The Morgan fingerprint density at radius 2 is 1.78 bits per heavy atom. The zero-order valence-corrected chi connectivity index (χ0v) is 23.5. The summed E-state index contributed by atoms with van der Waals surface area (Å²) in [5.74, 6) is 1.43. The van der Waals surface area contributed by atoms with Crippen molar-refractivity contribution in [1.29, 1.82) is 0 Å². The number of methoxy groups -OCH3 is 1. The van der Waals surface area contributed by atoms with E-state index >= 15 is 0 Å². The number of carbonyl (C=O) groups excluding carboxylic acids is 2. The first-order valence-corrected chi connectivity index (χ1v) is 13.8. The molecule has 6 nitrogen and oxygen atoms in total. The van der Waals surface area contributed by atoms with Crippen LogP contribution in [0.5, 0.6) is 11.5 Å². The Morgan fingerprint density at radius 3 is 2.36 bits per heavy atom. The first-order chi connectivity index (χ1) is 17.3. The lowest BCUT2D eigenvalue weighted by Crippen LogP contribution is -2.52. The van der Waals surface area contributed by atoms with Crippen molar-refractivity contribution in [3.05, 3.63) is 58.1 Å². The molecule has 1 saturated carbocycles. The summed E-state index contributed by atoms with van der Waals surface area (Å²) in [4.78, 5) is 28.5. The van der Waals surface area contributed by atoms with Gasteiger partial charge in [0.2, 0.25) is 5.91 Å². The SMILES string of the molecule is CCC(C(=O)NC1CCCCC1)N(Cc1ccc(OC)cc1)C(=O)COc1ccc(C(C)C)cc1Br. The molecular weight excluding hydrogens is 520 g/mol. The summed E-state index contributed by atoms with van der Waals surface area (Å²) >= 11 is 3.57. The summed E-state index contributed by atoms with van der Waals surface area (Å²) in [6.07, 6.45) is 6.00. The van der Waals surface area contributed by atoms with Gasteiger partial charge in [0.15, 0.2) is 6.61 Å². The maximum Gasteiger partial charge on any atom is 0.261 e. The highest BCUT2D eigenvalue weighted by molar-refractivity contribution is 9.10. The summed E-state index contributed by atoms with van der Waals surface area (Å²) in [5, 5.41) is 3.21. The highest BCUT2D eigenvalue weighted by Crippen LogP contribution is 2.29. The molecule has 36 heavy (non-hydrogen) atoms. The molecule has 2 aromatic rings. The fourth-order valence-electron chi connectivity index (χ4n) is 4.61. The summed E-state index contributed by atoms with van der Waals surface area (Å²) in [6.45, 7) is 6.37. The van der Waals surface area contributed by atoms with E-state index in [1.807, 2.05) is 49.4 Å². The third-order valence-corrected chi connectivity index (χ3v) is 7.44. The van der Waals surface area contributed by atoms with Crippen molar-refractivity contribution in [3.8, 4) is 11.5 Å². The molecule has 2 aromatic carbocycles. The van der Waals surface area contributed by atoms with Crippen LogP contribution in [0.4, 0.5) is 0 Å². The van der Waals surface area contributed by atoms with Crippen LogP contribution in [-0.2, 0) is 16.1 Å². The topological polar surface area (TPSA) is 67.9 Å². The molecule has 0 saturated heterocycles. The monoisotopic (exact) mass is 558 g/mol. The highest BCUT2D eigenvalue weighted by atomic mass is 79.9. The molecule has 1 N–H and O–H groups in total. The Balaban J connectivity index is 1.77. The van der Waals surface area contributed by atoms with Crippen molar-refractivity contribution in [3.63, 3.8) is 0 Å². The van der Waals surface area contributed by atoms with Crippen LogP contribution in [-0.4, -0.2) is 42.5 Å². The van der Waals surface area contributed by atoms with Crippen LogP contribution in [0.1, 0.15) is 76.3 Å². The number of nitrogens with one attached hydrogen (secondary N) is 1. The van der Waals surface area contributed by atoms with E-state index in [0.29, 0.717) is 24.6 Å². The van der Waals surface area contributed by atoms with Crippen molar-refractivity contribution in [2.75, 3.05) is 13.7 Å². The largest absolute Gasteiger partial charge is 0.497 e. The van der Waals surface area contributed by atoms with Gasteiger partial charge in [0.1, 0.15) is 17.5 Å². The Bertz CT molecular complexity index is 1000. The van der Waals surface area contributed by atoms with Crippen LogP contribution in [0, 0.1) is 0 Å². The molecule has 1 fully saturated rings. The number of benzene rings is 2. The van der Waals surface area contributed by atoms with Crippen LogP contribution in [0.3, 0.4) is 0 Å². The first kappa shape index (κ1) is 28.0. The quantitative estimate of drug-likeness (QED) is 0.355. The van der Waals surface area contributed by atoms with Crippen molar-refractivity contribution in [2.45, 2.75) is 83.8 Å². The Morgan fingerprint density at radius 1 is 1.08 bits per heavy atom. The fraction of sp³-hybridized carbons (Fsp3) is 0.517. The maximum atomic E-state index is 13.5. The van der Waals surface area contributed by atoms with Crippen molar-refractivity contribution < 1.29 is 19.1 Å². The van der Waals surface area contributed by atoms with Gasteiger partial charge in [0.25, 0.3) is 5.91 Å². The Labute approximate surface area is 223 Å². The molecule has 2 amide bonds. The number of amides is 2. The van der Waals surface area contributed by atoms with Crippen LogP contribution in [0.2, 0.25) is 0 Å². The second-order valence-electron chi connectivity index (χ2n) is 9.77. The van der Waals surface area contributed by atoms with E-state index in [-0.39, 0.29) is 24.5 Å². The normalized spacial score (nSPS) is 14.8. The smallest absolute Gasteiger partial charge is 0.261 e. The molecule has 7 heteroatoms. The molecule has 196 valence electrons. The lowest BCUT2D eigenvalue weighted by atomic mass is 9.95. The Hall–Kier alpha value is -2.54. The third-order valence-electron chi connectivity index (χ3n) is 6.82. The molecule has 1 aliphatic rings. The molecule has 0 aromatic heterocycles. The molecule has 0 aliphatic heterocycles. The number of nitrogens with zero attached hydrogens (tertiary/aromatic N) is 1. The number of hydrogen-bond acceptors (Lipinski definition) is 4. The van der Waals surface area contributed by atoms with E-state index in [1.54, 1.807) is 12.0 Å². The van der Waals surface area contributed by atoms with E-state index in [2.05, 4.69) is 35.1 Å². The molecule has 0 spiro atoms. The van der Waals surface area contributed by atoms with Gasteiger partial charge in [0, 0.05) is 12.6 Å². The maximum absolute atomic E-state index is 13.5. The molecule has 0 heterocycles. The molecule has 0 radical (unpaired) electrons. The predicted octanol–water partition coefficient (Wildman–Crippen LogP) is 6.22. The first-order valence-electron chi connectivity index (χ1n) is 13.0. The van der Waals surface area contributed by atoms with E-state index in [0.717, 1.165) is 41.5 Å². The van der Waals surface area contributed by atoms with Crippen LogP contribution >= 0.6 is 15.9 Å². The average molecular weight is 560 g/mol. The minimum Gasteiger partial charge on any atom is -0.497 e. The molecule has 3 rings (SSSR count). The minimum atomic E-state index is -0.572. The molecule has 1 unspecified atom stereocenters. The second kappa shape index (κ2) is 13.7. The van der Waals surface area contributed by atoms with Gasteiger partial charge < -0.3 is 19.7 Å². The number of carbonyl (C=O) groups is 2. The fourth-order valence-corrected chi connectivity index (χ4v) is 5.12. The van der Waals surface area contributed by atoms with Crippen LogP contribution in [0.25, 0.3) is 0 Å². The lowest BCUT2D eigenvalue weighted by Gasteiger charge is -2.32. The molecule has 1 aliphatic carbocycles. The number of hydrogen-bond donors (Lipinski definition) is 1. The van der Waals surface area contributed by atoms with Gasteiger partial charge in [-0.3, -0.25) is 9.59 Å². The second-order valence-corrected chi connectivity index (χ2v) is 10.6. The van der Waals surface area contributed by atoms with E-state index in [9.17, 15) is 9.59 Å². The van der Waals surface area contributed by atoms with Gasteiger partial charge in [-0.25, -0.2) is 0 Å². The number of ether oxygens (including phenoxy) is 2. The van der Waals surface area contributed by atoms with Gasteiger partial charge in [-0.05, 0) is 76.5 Å². The highest BCUT2D eigenvalue weighted by Gasteiger charge is 2.30. The van der Waals surface area contributed by atoms with Crippen molar-refractivity contribution >= 4 is 27.7 Å². The third kappa shape index (κ3) is 7.73. The van der Waals surface area contributed by atoms with Gasteiger partial charge in [-0.15, -0.1) is 0 Å². The number of rotatable bonds is 11. The van der Waals surface area contributed by atoms with Gasteiger partial charge in [-0.2, -0.15) is 0 Å². The van der Waals surface area contributed by atoms with Gasteiger partial charge in [0.05, 0.1) is 11.6 Å². The lowest BCUT2D eigenvalue weighted by molar-refractivity contribution is -0.143. The van der Waals surface area contributed by atoms with E-state index < -0.39 is 6.04 Å². The van der Waals surface area contributed by atoms with Gasteiger partial charge >= 0.3 is 0 Å². The zero-order valence-electron chi connectivity index (χ0n) is 21.9. The summed E-state index contributed by atoms with van der Waals surface area (Å²) < 4.78 is 12.0. The summed E-state index contributed by atoms with van der Waals surface area (Å²) in [7, 11) is 1.62. The Kier molecular flexibility index (Phi) is 10.7. The molecular formula is C29H39BrN2O4.